The van der Waals surface area contributed by atoms with Gasteiger partial charge in [0.2, 0.25) is 0 Å². The predicted octanol–water partition coefficient (Wildman–Crippen LogP) is -5.68. The van der Waals surface area contributed by atoms with Crippen molar-refractivity contribution in [3.05, 3.63) is 48.8 Å². The first-order valence-electron chi connectivity index (χ1n) is 7.97. The minimum Gasteiger partial charge on any atom is -0.549 e. The zero-order valence-electron chi connectivity index (χ0n) is 16.8. The minimum atomic E-state index is -1.19. The molecule has 0 fully saturated rings. The number of fused-ring (bicyclic) bond motifs is 3. The molecule has 0 atom stereocenters. The van der Waals surface area contributed by atoms with Gasteiger partial charge in [-0.3, -0.25) is 9.97 Å². The SMILES string of the molecule is O.O.O.O.O.O=C([O-])CNCCNCC(=O)[O-].[Cu+2].c1cnc2c(c1)ccc1cccnc12. The summed E-state index contributed by atoms with van der Waals surface area (Å²) < 4.78 is 0. The fourth-order valence-corrected chi connectivity index (χ4v) is 2.24. The molecule has 2 aromatic heterocycles. The van der Waals surface area contributed by atoms with Crippen molar-refractivity contribution in [3.63, 3.8) is 0 Å². The van der Waals surface area contributed by atoms with Crippen molar-refractivity contribution < 1.29 is 64.3 Å². The van der Waals surface area contributed by atoms with Gasteiger partial charge in [-0.1, -0.05) is 24.3 Å². The largest absolute Gasteiger partial charge is 2.00 e. The van der Waals surface area contributed by atoms with E-state index in [4.69, 9.17) is 0 Å². The monoisotopic (exact) mass is 507 g/mol. The van der Waals surface area contributed by atoms with E-state index in [0.717, 1.165) is 21.8 Å². The van der Waals surface area contributed by atoms with E-state index in [1.165, 1.54) is 0 Å². The molecule has 2 heterocycles. The Morgan fingerprint density at radius 1 is 0.688 bits per heavy atom. The zero-order chi connectivity index (χ0) is 18.8. The topological polar surface area (TPSA) is 288 Å². The number of nitrogens with zero attached hydrogens (tertiary/aromatic N) is 2. The van der Waals surface area contributed by atoms with Crippen molar-refractivity contribution in [2.75, 3.05) is 26.2 Å². The average molecular weight is 508 g/mol. The van der Waals surface area contributed by atoms with E-state index in [-0.39, 0.29) is 57.5 Å². The van der Waals surface area contributed by atoms with Gasteiger partial charge in [-0.2, -0.15) is 0 Å². The van der Waals surface area contributed by atoms with Gasteiger partial charge < -0.3 is 57.8 Å². The van der Waals surface area contributed by atoms with Crippen molar-refractivity contribution in [2.45, 2.75) is 0 Å². The number of aromatic nitrogens is 2. The minimum absolute atomic E-state index is 0. The van der Waals surface area contributed by atoms with Crippen LogP contribution in [-0.2, 0) is 26.7 Å². The molecule has 0 bridgehead atoms. The molecule has 0 saturated carbocycles. The molecule has 0 aliphatic heterocycles. The maximum atomic E-state index is 9.84. The van der Waals surface area contributed by atoms with Crippen LogP contribution in [0.3, 0.4) is 0 Å². The van der Waals surface area contributed by atoms with Gasteiger partial charge in [-0.05, 0) is 12.1 Å². The van der Waals surface area contributed by atoms with E-state index < -0.39 is 11.9 Å². The van der Waals surface area contributed by atoms with E-state index in [1.807, 2.05) is 12.1 Å². The third-order valence-electron chi connectivity index (χ3n) is 3.36. The van der Waals surface area contributed by atoms with Crippen LogP contribution in [0.5, 0.6) is 0 Å². The Labute approximate surface area is 193 Å². The number of hydrogen-bond donors (Lipinski definition) is 2. The van der Waals surface area contributed by atoms with Gasteiger partial charge in [0.15, 0.2) is 0 Å². The molecule has 185 valence electrons. The molecule has 3 rings (SSSR count). The predicted molar refractivity (Wildman–Crippen MR) is 111 cm³/mol. The summed E-state index contributed by atoms with van der Waals surface area (Å²) in [6.45, 7) is 0.294. The molecule has 0 unspecified atom stereocenters. The molecular formula is C18H28CuN4O9. The van der Waals surface area contributed by atoms with E-state index >= 15 is 0 Å². The number of benzene rings is 1. The Kier molecular flexibility index (Phi) is 26.6. The van der Waals surface area contributed by atoms with Crippen LogP contribution in [0, 0.1) is 0 Å². The van der Waals surface area contributed by atoms with Crippen LogP contribution in [0.1, 0.15) is 0 Å². The summed E-state index contributed by atoms with van der Waals surface area (Å²) in [4.78, 5) is 28.4. The summed E-state index contributed by atoms with van der Waals surface area (Å²) in [5.41, 5.74) is 1.95. The van der Waals surface area contributed by atoms with Crippen molar-refractivity contribution in [2.24, 2.45) is 0 Å². The van der Waals surface area contributed by atoms with Crippen LogP contribution in [0.2, 0.25) is 0 Å². The van der Waals surface area contributed by atoms with Crippen LogP contribution in [-0.4, -0.2) is 75.5 Å². The number of carbonyl (C=O) groups is 2. The van der Waals surface area contributed by atoms with E-state index in [0.29, 0.717) is 13.1 Å². The molecule has 13 nitrogen and oxygen atoms in total. The van der Waals surface area contributed by atoms with Gasteiger partial charge >= 0.3 is 17.1 Å². The normalized spacial score (nSPS) is 8.38. The zero-order valence-corrected chi connectivity index (χ0v) is 17.7. The smallest absolute Gasteiger partial charge is 0.549 e. The molecule has 12 N–H and O–H groups in total. The summed E-state index contributed by atoms with van der Waals surface area (Å²) >= 11 is 0. The van der Waals surface area contributed by atoms with Gasteiger partial charge in [-0.25, -0.2) is 0 Å². The van der Waals surface area contributed by atoms with Crippen molar-refractivity contribution in [1.82, 2.24) is 20.6 Å². The first-order valence-corrected chi connectivity index (χ1v) is 7.97. The van der Waals surface area contributed by atoms with Crippen molar-refractivity contribution >= 4 is 33.7 Å². The summed E-state index contributed by atoms with van der Waals surface area (Å²) in [5, 5.41) is 27.0. The molecular weight excluding hydrogens is 480 g/mol. The molecule has 0 amide bonds. The van der Waals surface area contributed by atoms with Crippen LogP contribution in [0.25, 0.3) is 21.8 Å². The molecule has 1 radical (unpaired) electrons. The second-order valence-corrected chi connectivity index (χ2v) is 5.31. The maximum Gasteiger partial charge on any atom is 2.00 e. The average Bonchev–Trinajstić information content (AvgIpc) is 2.64. The van der Waals surface area contributed by atoms with E-state index in [9.17, 15) is 19.8 Å². The Morgan fingerprint density at radius 2 is 1.03 bits per heavy atom. The standard InChI is InChI=1S/C12H8N2.C6H12N2O4.Cu.5H2O/c1-3-9-5-6-10-4-2-8-14-12(10)11(9)13-7-1;9-5(10)3-7-1-2-8-4-6(11)12;;;;;;/h1-8H;7-8H,1-4H2,(H,9,10)(H,11,12);;5*1H2/q;;+2;;;;;/p-2. The van der Waals surface area contributed by atoms with E-state index in [2.05, 4.69) is 44.9 Å². The van der Waals surface area contributed by atoms with Crippen LogP contribution >= 0.6 is 0 Å². The molecule has 14 heteroatoms. The van der Waals surface area contributed by atoms with Crippen LogP contribution < -0.4 is 20.8 Å². The number of rotatable bonds is 7. The quantitative estimate of drug-likeness (QED) is 0.176. The van der Waals surface area contributed by atoms with Gasteiger partial charge in [0, 0.05) is 49.3 Å². The van der Waals surface area contributed by atoms with Gasteiger partial charge in [-0.15, -0.1) is 0 Å². The van der Waals surface area contributed by atoms with Gasteiger partial charge in [0.05, 0.1) is 23.0 Å². The second-order valence-electron chi connectivity index (χ2n) is 5.31. The molecule has 0 aliphatic carbocycles. The third-order valence-corrected chi connectivity index (χ3v) is 3.36. The Balaban J connectivity index is -0.000000129. The number of carboxylic acids is 2. The molecule has 0 aliphatic rings. The van der Waals surface area contributed by atoms with Crippen LogP contribution in [0.15, 0.2) is 48.8 Å². The number of hydrogen-bond acceptors (Lipinski definition) is 8. The molecule has 3 aromatic rings. The Hall–Kier alpha value is -2.78. The Morgan fingerprint density at radius 3 is 1.34 bits per heavy atom. The van der Waals surface area contributed by atoms with Crippen LogP contribution in [0.4, 0.5) is 0 Å². The number of nitrogens with one attached hydrogen (secondary N) is 2. The summed E-state index contributed by atoms with van der Waals surface area (Å²) in [5.74, 6) is -2.37. The fourth-order valence-electron chi connectivity index (χ4n) is 2.24. The number of aliphatic carboxylic acids is 2. The van der Waals surface area contributed by atoms with E-state index in [1.54, 1.807) is 12.4 Å². The van der Waals surface area contributed by atoms with Gasteiger partial charge in [0.1, 0.15) is 0 Å². The third kappa shape index (κ3) is 13.5. The number of carbonyl (C=O) groups excluding carboxylic acids is 2. The molecule has 0 saturated heterocycles. The Bertz CT molecular complexity index is 830. The van der Waals surface area contributed by atoms with Crippen molar-refractivity contribution in [1.29, 1.82) is 0 Å². The van der Waals surface area contributed by atoms with Gasteiger partial charge in [0.25, 0.3) is 0 Å². The van der Waals surface area contributed by atoms with Crippen molar-refractivity contribution in [3.8, 4) is 0 Å². The molecule has 1 aromatic carbocycles. The summed E-state index contributed by atoms with van der Waals surface area (Å²) in [7, 11) is 0. The first-order chi connectivity index (χ1) is 12.6. The fraction of sp³-hybridized carbons (Fsp3) is 0.222. The summed E-state index contributed by atoms with van der Waals surface area (Å²) in [6, 6.07) is 12.1. The summed E-state index contributed by atoms with van der Waals surface area (Å²) in [6.07, 6.45) is 3.60. The maximum absolute atomic E-state index is 9.84. The first kappa shape index (κ1) is 39.7. The molecule has 0 spiro atoms. The molecule has 32 heavy (non-hydrogen) atoms. The second kappa shape index (κ2) is 21.5. The number of carboxylic acid groups (broad SMARTS) is 2. The number of pyridine rings is 2.